The van der Waals surface area contributed by atoms with Crippen molar-refractivity contribution in [1.29, 1.82) is 0 Å². The molecule has 0 saturated carbocycles. The summed E-state index contributed by atoms with van der Waals surface area (Å²) in [6.07, 6.45) is 0. The van der Waals surface area contributed by atoms with Crippen molar-refractivity contribution in [3.05, 3.63) is 34.9 Å². The summed E-state index contributed by atoms with van der Waals surface area (Å²) in [6.45, 7) is 0.444. The van der Waals surface area contributed by atoms with Gasteiger partial charge < -0.3 is 14.1 Å². The highest BCUT2D eigenvalue weighted by atomic mass is 32.1. The number of para-hydroxylation sites is 1. The van der Waals surface area contributed by atoms with Crippen molar-refractivity contribution in [2.75, 3.05) is 0 Å². The number of aromatic nitrogens is 1. The van der Waals surface area contributed by atoms with Crippen LogP contribution < -0.4 is 4.74 Å². The van der Waals surface area contributed by atoms with Crippen molar-refractivity contribution in [3.63, 3.8) is 0 Å². The van der Waals surface area contributed by atoms with Crippen molar-refractivity contribution in [2.45, 2.75) is 6.61 Å². The van der Waals surface area contributed by atoms with Crippen LogP contribution in [-0.4, -0.2) is 4.98 Å². The fraction of sp³-hybridized carbons (Fsp3) is 0.100. The van der Waals surface area contributed by atoms with Gasteiger partial charge in [0.15, 0.2) is 5.76 Å². The molecule has 3 nitrogen and oxygen atoms in total. The Balaban J connectivity index is 2.33. The van der Waals surface area contributed by atoms with Crippen LogP contribution >= 0.6 is 12.2 Å². The number of aromatic amines is 1. The predicted octanol–water partition coefficient (Wildman–Crippen LogP) is 2.90. The third kappa shape index (κ3) is 1.01. The zero-order valence-electron chi connectivity index (χ0n) is 7.24. The van der Waals surface area contributed by atoms with Gasteiger partial charge in [-0.1, -0.05) is 12.1 Å². The molecule has 70 valence electrons. The molecule has 0 bridgehead atoms. The van der Waals surface area contributed by atoms with E-state index in [1.54, 1.807) is 0 Å². The summed E-state index contributed by atoms with van der Waals surface area (Å²) in [5, 5.41) is 0. The lowest BCUT2D eigenvalue weighted by Crippen LogP contribution is -2.03. The molecule has 2 aromatic rings. The number of fused-ring (bicyclic) bond motifs is 3. The number of ether oxygens (including phenoxy) is 1. The van der Waals surface area contributed by atoms with Crippen molar-refractivity contribution >= 4 is 12.2 Å². The largest absolute Gasteiger partial charge is 0.485 e. The van der Waals surface area contributed by atoms with Crippen LogP contribution in [0.1, 0.15) is 5.76 Å². The van der Waals surface area contributed by atoms with Gasteiger partial charge in [-0.3, -0.25) is 0 Å². The molecule has 0 aliphatic carbocycles. The maximum absolute atomic E-state index is 5.50. The summed E-state index contributed by atoms with van der Waals surface area (Å²) in [5.74, 6) is 1.64. The third-order valence-electron chi connectivity index (χ3n) is 2.24. The average Bonchev–Trinajstić information content (AvgIpc) is 2.59. The second-order valence-electron chi connectivity index (χ2n) is 3.10. The van der Waals surface area contributed by atoms with Crippen molar-refractivity contribution in [1.82, 2.24) is 4.98 Å². The van der Waals surface area contributed by atoms with Gasteiger partial charge in [0, 0.05) is 5.56 Å². The first kappa shape index (κ1) is 7.82. The minimum Gasteiger partial charge on any atom is -0.485 e. The molecule has 14 heavy (non-hydrogen) atoms. The summed E-state index contributed by atoms with van der Waals surface area (Å²) in [5.41, 5.74) is 1.95. The Kier molecular flexibility index (Phi) is 1.52. The van der Waals surface area contributed by atoms with Crippen LogP contribution in [0.25, 0.3) is 11.3 Å². The van der Waals surface area contributed by atoms with Gasteiger partial charge in [0.05, 0.1) is 5.69 Å². The van der Waals surface area contributed by atoms with Gasteiger partial charge >= 0.3 is 0 Å². The Morgan fingerprint density at radius 3 is 3.07 bits per heavy atom. The third-order valence-corrected chi connectivity index (χ3v) is 2.42. The molecular weight excluding hydrogens is 198 g/mol. The monoisotopic (exact) mass is 205 g/mol. The molecule has 1 aromatic carbocycles. The van der Waals surface area contributed by atoms with E-state index in [1.165, 1.54) is 0 Å². The molecule has 1 aliphatic rings. The lowest BCUT2D eigenvalue weighted by Gasteiger charge is -2.14. The summed E-state index contributed by atoms with van der Waals surface area (Å²) in [7, 11) is 0. The number of nitrogens with one attached hydrogen (secondary N) is 1. The molecule has 3 rings (SSSR count). The number of H-pyrrole nitrogens is 1. The minimum atomic E-state index is 0.398. The van der Waals surface area contributed by atoms with E-state index in [0.29, 0.717) is 11.4 Å². The zero-order chi connectivity index (χ0) is 9.54. The summed E-state index contributed by atoms with van der Waals surface area (Å²) in [4.78, 5) is 3.42. The van der Waals surface area contributed by atoms with E-state index < -0.39 is 0 Å². The van der Waals surface area contributed by atoms with E-state index in [0.717, 1.165) is 22.8 Å². The molecule has 0 saturated heterocycles. The van der Waals surface area contributed by atoms with E-state index in [9.17, 15) is 0 Å². The van der Waals surface area contributed by atoms with Gasteiger partial charge in [0.1, 0.15) is 12.4 Å². The molecule has 0 atom stereocenters. The smallest absolute Gasteiger partial charge is 0.266 e. The Morgan fingerprint density at radius 1 is 1.29 bits per heavy atom. The van der Waals surface area contributed by atoms with E-state index in [-0.39, 0.29) is 0 Å². The molecular formula is C10H7NO2S. The van der Waals surface area contributed by atoms with Crippen LogP contribution in [-0.2, 0) is 6.61 Å². The molecule has 0 amide bonds. The minimum absolute atomic E-state index is 0.398. The second kappa shape index (κ2) is 2.72. The fourth-order valence-electron chi connectivity index (χ4n) is 1.62. The summed E-state index contributed by atoms with van der Waals surface area (Å²) in [6, 6.07) is 7.82. The molecule has 0 unspecified atom stereocenters. The standard InChI is InChI=1S/C10H7NO2S/c14-10-11-9-6-3-1-2-4-7(6)12-5-8(9)13-10/h1-4H,5H2,(H,11,14). The van der Waals surface area contributed by atoms with Gasteiger partial charge in [-0.2, -0.15) is 0 Å². The Hall–Kier alpha value is -1.55. The lowest BCUT2D eigenvalue weighted by atomic mass is 10.1. The lowest BCUT2D eigenvalue weighted by molar-refractivity contribution is 0.264. The molecule has 1 aromatic heterocycles. The van der Waals surface area contributed by atoms with Gasteiger partial charge in [-0.25, -0.2) is 0 Å². The van der Waals surface area contributed by atoms with Crippen LogP contribution in [0.2, 0.25) is 0 Å². The first-order valence-corrected chi connectivity index (χ1v) is 4.69. The highest BCUT2D eigenvalue weighted by Gasteiger charge is 2.20. The Labute approximate surface area is 85.3 Å². The van der Waals surface area contributed by atoms with Crippen molar-refractivity contribution in [2.24, 2.45) is 0 Å². The number of rotatable bonds is 0. The van der Waals surface area contributed by atoms with Crippen LogP contribution in [0.15, 0.2) is 28.7 Å². The van der Waals surface area contributed by atoms with Crippen LogP contribution in [0.3, 0.4) is 0 Å². The van der Waals surface area contributed by atoms with Gasteiger partial charge in [0.25, 0.3) is 4.84 Å². The van der Waals surface area contributed by atoms with Crippen LogP contribution in [0, 0.1) is 4.84 Å². The predicted molar refractivity (Wildman–Crippen MR) is 53.7 cm³/mol. The van der Waals surface area contributed by atoms with Gasteiger partial charge in [0.2, 0.25) is 0 Å². The Bertz CT molecular complexity index is 541. The first-order chi connectivity index (χ1) is 6.84. The van der Waals surface area contributed by atoms with Crippen molar-refractivity contribution < 1.29 is 9.15 Å². The summed E-state index contributed by atoms with van der Waals surface area (Å²) < 4.78 is 10.8. The highest BCUT2D eigenvalue weighted by molar-refractivity contribution is 7.71. The van der Waals surface area contributed by atoms with E-state index >= 15 is 0 Å². The average molecular weight is 205 g/mol. The molecule has 4 heteroatoms. The molecule has 2 heterocycles. The number of hydrogen-bond acceptors (Lipinski definition) is 3. The SMILES string of the molecule is S=c1[nH]c2c(o1)COc1ccccc1-2. The van der Waals surface area contributed by atoms with Crippen LogP contribution in [0.4, 0.5) is 0 Å². The number of oxazole rings is 1. The number of hydrogen-bond donors (Lipinski definition) is 1. The molecule has 0 spiro atoms. The van der Waals surface area contributed by atoms with E-state index in [2.05, 4.69) is 4.98 Å². The topological polar surface area (TPSA) is 38.2 Å². The van der Waals surface area contributed by atoms with Crippen molar-refractivity contribution in [3.8, 4) is 17.0 Å². The molecule has 0 fully saturated rings. The highest BCUT2D eigenvalue weighted by Crippen LogP contribution is 2.36. The van der Waals surface area contributed by atoms with E-state index in [4.69, 9.17) is 21.4 Å². The van der Waals surface area contributed by atoms with Gasteiger partial charge in [-0.05, 0) is 24.4 Å². The summed E-state index contributed by atoms with van der Waals surface area (Å²) >= 11 is 4.93. The second-order valence-corrected chi connectivity index (χ2v) is 3.47. The first-order valence-electron chi connectivity index (χ1n) is 4.29. The fourth-order valence-corrected chi connectivity index (χ4v) is 1.82. The maximum atomic E-state index is 5.50. The normalized spacial score (nSPS) is 12.9. The number of benzene rings is 1. The molecule has 1 N–H and O–H groups in total. The van der Waals surface area contributed by atoms with E-state index in [1.807, 2.05) is 24.3 Å². The maximum Gasteiger partial charge on any atom is 0.266 e. The molecule has 0 radical (unpaired) electrons. The zero-order valence-corrected chi connectivity index (χ0v) is 8.06. The van der Waals surface area contributed by atoms with Gasteiger partial charge in [-0.15, -0.1) is 0 Å². The molecule has 1 aliphatic heterocycles. The quantitative estimate of drug-likeness (QED) is 0.672. The van der Waals surface area contributed by atoms with Crippen LogP contribution in [0.5, 0.6) is 5.75 Å². The Morgan fingerprint density at radius 2 is 2.14 bits per heavy atom.